The molecule has 18 aromatic rings. The van der Waals surface area contributed by atoms with Crippen molar-refractivity contribution in [3.05, 3.63) is 297 Å². The minimum Gasteiger partial charge on any atom is -0.510 e. The van der Waals surface area contributed by atoms with Gasteiger partial charge in [-0.25, -0.2) is 4.98 Å². The van der Waals surface area contributed by atoms with Gasteiger partial charge >= 0.3 is 0 Å². The molecule has 0 saturated carbocycles. The summed E-state index contributed by atoms with van der Waals surface area (Å²) in [5.74, 6) is 1.51. The van der Waals surface area contributed by atoms with E-state index in [1.54, 1.807) is 0 Å². The van der Waals surface area contributed by atoms with Crippen molar-refractivity contribution in [2.45, 2.75) is 27.1 Å². The molecule has 442 valence electrons. The Bertz CT molecular complexity index is 5850. The summed E-state index contributed by atoms with van der Waals surface area (Å²) in [6.07, 6.45) is 3.78. The SMILES string of the molecule is [2H]C([2H])(c1cc(-n2c3[c-]c(Oc4[c-]c(-n5[c-][n+](-c6c(-c7ccccc7)ccc7oc8ccccc8c67)c6ccccc65)ccc4)ccc3c3ccccc32)ncc1-c1cc(-n2c3ccccc3c3ccccc32)cc(-n2c3ccccc3c3ccccc32)c1)C(C)(C)C.[Pt]. The Labute approximate surface area is 547 Å². The summed E-state index contributed by atoms with van der Waals surface area (Å²) < 4.78 is 44.9. The van der Waals surface area contributed by atoms with Crippen LogP contribution in [0.1, 0.15) is 29.1 Å². The zero-order chi connectivity index (χ0) is 62.3. The summed E-state index contributed by atoms with van der Waals surface area (Å²) >= 11 is 0. The van der Waals surface area contributed by atoms with Crippen LogP contribution in [-0.4, -0.2) is 23.3 Å². The van der Waals surface area contributed by atoms with Crippen molar-refractivity contribution in [3.8, 4) is 62.3 Å². The Kier molecular flexibility index (Phi) is 12.4. The Balaban J connectivity index is 0.00000672. The van der Waals surface area contributed by atoms with Gasteiger partial charge in [-0.3, -0.25) is 4.57 Å². The molecule has 0 aliphatic heterocycles. The Morgan fingerprint density at radius 3 is 1.64 bits per heavy atom. The minimum atomic E-state index is -1.87. The first-order valence-electron chi connectivity index (χ1n) is 31.8. The van der Waals surface area contributed by atoms with E-state index in [2.05, 4.69) is 237 Å². The monoisotopic (exact) mass is 1370 g/mol. The average Bonchev–Trinajstić information content (AvgIpc) is 1.57. The zero-order valence-corrected chi connectivity index (χ0v) is 52.6. The number of benzene rings is 12. The molecular formula is C83H56N6O2Pt-2. The van der Waals surface area contributed by atoms with Gasteiger partial charge in [0, 0.05) is 96.3 Å². The smallest absolute Gasteiger partial charge is 0.268 e. The van der Waals surface area contributed by atoms with Gasteiger partial charge in [0.1, 0.15) is 17.0 Å². The molecule has 8 nitrogen and oxygen atoms in total. The number of hydrogen-bond acceptors (Lipinski definition) is 3. The maximum Gasteiger partial charge on any atom is 0.268 e. The number of aromatic nitrogens is 6. The van der Waals surface area contributed by atoms with E-state index in [1.165, 1.54) is 0 Å². The van der Waals surface area contributed by atoms with Crippen molar-refractivity contribution >= 4 is 98.4 Å². The van der Waals surface area contributed by atoms with E-state index in [-0.39, 0.29) is 21.1 Å². The van der Waals surface area contributed by atoms with E-state index in [0.717, 1.165) is 138 Å². The fourth-order valence-electron chi connectivity index (χ4n) is 13.9. The number of pyridine rings is 1. The quantitative estimate of drug-likeness (QED) is 0.101. The number of nitrogens with zero attached hydrogens (tertiary/aromatic N) is 6. The second-order valence-corrected chi connectivity index (χ2v) is 24.4. The molecular weight excluding hydrogens is 1310 g/mol. The van der Waals surface area contributed by atoms with Gasteiger partial charge in [-0.2, -0.15) is 18.2 Å². The summed E-state index contributed by atoms with van der Waals surface area (Å²) in [4.78, 5) is 5.40. The molecule has 6 heterocycles. The molecule has 12 aromatic carbocycles. The number of rotatable bonds is 10. The topological polar surface area (TPSA) is 58.9 Å². The van der Waals surface area contributed by atoms with Crippen LogP contribution >= 0.6 is 0 Å². The van der Waals surface area contributed by atoms with Gasteiger partial charge in [-0.05, 0) is 112 Å². The molecule has 0 unspecified atom stereocenters. The Morgan fingerprint density at radius 1 is 0.467 bits per heavy atom. The number of furan rings is 1. The molecule has 18 rings (SSSR count). The van der Waals surface area contributed by atoms with Crippen LogP contribution in [0.5, 0.6) is 11.5 Å². The third kappa shape index (κ3) is 8.92. The number of fused-ring (bicyclic) bond motifs is 13. The van der Waals surface area contributed by atoms with E-state index in [4.69, 9.17) is 14.1 Å². The molecule has 0 aliphatic carbocycles. The fourth-order valence-corrected chi connectivity index (χ4v) is 13.9. The first kappa shape index (κ1) is 52.8. The molecule has 0 atom stereocenters. The number of ether oxygens (including phenoxy) is 1. The van der Waals surface area contributed by atoms with E-state index in [1.807, 2.05) is 98.3 Å². The fraction of sp³-hybridized carbons (Fsp3) is 0.0602. The third-order valence-electron chi connectivity index (χ3n) is 17.7. The molecule has 9 heteroatoms. The van der Waals surface area contributed by atoms with E-state index >= 15 is 0 Å². The predicted octanol–water partition coefficient (Wildman–Crippen LogP) is 20.6. The molecule has 0 spiro atoms. The predicted molar refractivity (Wildman–Crippen MR) is 370 cm³/mol. The molecule has 0 fully saturated rings. The molecule has 0 bridgehead atoms. The Hall–Kier alpha value is -11.1. The normalized spacial score (nSPS) is 12.5. The van der Waals surface area contributed by atoms with E-state index in [0.29, 0.717) is 28.4 Å². The van der Waals surface area contributed by atoms with E-state index < -0.39 is 11.8 Å². The number of imidazole rings is 1. The minimum absolute atomic E-state index is 0. The summed E-state index contributed by atoms with van der Waals surface area (Å²) in [7, 11) is 0. The van der Waals surface area contributed by atoms with Crippen LogP contribution in [-0.2, 0) is 27.4 Å². The largest absolute Gasteiger partial charge is 0.510 e. The van der Waals surface area contributed by atoms with Gasteiger partial charge in [-0.1, -0.05) is 196 Å². The van der Waals surface area contributed by atoms with Crippen LogP contribution in [0.25, 0.3) is 149 Å². The first-order chi connectivity index (χ1) is 45.5. The number of para-hydroxylation sites is 8. The van der Waals surface area contributed by atoms with Crippen molar-refractivity contribution in [2.75, 3.05) is 0 Å². The second kappa shape index (κ2) is 21.6. The molecule has 0 aliphatic rings. The van der Waals surface area contributed by atoms with Crippen molar-refractivity contribution in [1.82, 2.24) is 23.3 Å². The second-order valence-electron chi connectivity index (χ2n) is 24.4. The molecule has 0 saturated heterocycles. The molecule has 0 amide bonds. The maximum absolute atomic E-state index is 10.3. The summed E-state index contributed by atoms with van der Waals surface area (Å²) in [6, 6.07) is 99.6. The summed E-state index contributed by atoms with van der Waals surface area (Å²) in [5, 5.41) is 8.59. The molecule has 0 N–H and O–H groups in total. The Morgan fingerprint density at radius 2 is 1.01 bits per heavy atom. The first-order valence-corrected chi connectivity index (χ1v) is 30.8. The average molecular weight is 1370 g/mol. The van der Waals surface area contributed by atoms with Crippen LogP contribution in [0.2, 0.25) is 0 Å². The molecule has 0 radical (unpaired) electrons. The van der Waals surface area contributed by atoms with Gasteiger partial charge in [0.05, 0.1) is 38.8 Å². The summed E-state index contributed by atoms with van der Waals surface area (Å²) in [6.45, 7) is 5.91. The maximum atomic E-state index is 10.3. The third-order valence-corrected chi connectivity index (χ3v) is 17.7. The van der Waals surface area contributed by atoms with Crippen molar-refractivity contribution in [2.24, 2.45) is 5.41 Å². The van der Waals surface area contributed by atoms with Gasteiger partial charge in [0.25, 0.3) is 6.33 Å². The van der Waals surface area contributed by atoms with Crippen molar-refractivity contribution < 1.29 is 37.5 Å². The summed E-state index contributed by atoms with van der Waals surface area (Å²) in [5.41, 5.74) is 16.3. The number of hydrogen-bond donors (Lipinski definition) is 0. The van der Waals surface area contributed by atoms with Gasteiger partial charge in [0.2, 0.25) is 0 Å². The van der Waals surface area contributed by atoms with Crippen LogP contribution in [0.4, 0.5) is 0 Å². The van der Waals surface area contributed by atoms with Crippen LogP contribution in [0.15, 0.2) is 278 Å². The van der Waals surface area contributed by atoms with Gasteiger partial charge < -0.3 is 27.4 Å². The van der Waals surface area contributed by atoms with Crippen molar-refractivity contribution in [3.63, 3.8) is 0 Å². The van der Waals surface area contributed by atoms with Gasteiger partial charge in [-0.15, -0.1) is 29.7 Å². The van der Waals surface area contributed by atoms with Crippen molar-refractivity contribution in [1.29, 1.82) is 0 Å². The molecule has 92 heavy (non-hydrogen) atoms. The molecule has 6 aromatic heterocycles. The van der Waals surface area contributed by atoms with E-state index in [9.17, 15) is 2.74 Å². The standard InChI is InChI=1S/C83H56N6O2.Pt/c1-83(2,3)50-55-46-80(84-51-69(55)54-44-57(87-70-32-13-7-26-62(70)63-27-8-14-33-71(63)87)47-58(45-54)88-72-34-15-9-28-64(72)65-29-10-16-35-73(65)88)89-74-36-17-11-30-66(74)67-41-40-60(49-77(67)89)90-59-25-21-24-56(48-59)85-52-86(76-38-19-18-37-75(76)85)82-61(53-22-5-4-6-23-53)42-43-79-81(82)68-31-12-20-39-78(68)91-79;/h4-47,51H,50H2,1-3H3;/q-2;/i50D2;. The zero-order valence-electron chi connectivity index (χ0n) is 52.3. The van der Waals surface area contributed by atoms with Crippen LogP contribution < -0.4 is 9.30 Å². The van der Waals surface area contributed by atoms with Gasteiger partial charge in [0.15, 0.2) is 0 Å². The van der Waals surface area contributed by atoms with Crippen LogP contribution in [0, 0.1) is 23.9 Å². The van der Waals surface area contributed by atoms with Crippen LogP contribution in [0.3, 0.4) is 0 Å².